The summed E-state index contributed by atoms with van der Waals surface area (Å²) in [5.41, 5.74) is 0. The summed E-state index contributed by atoms with van der Waals surface area (Å²) in [6.07, 6.45) is 0. The second kappa shape index (κ2) is 5.80. The molecule has 0 aliphatic carbocycles. The van der Waals surface area contributed by atoms with Gasteiger partial charge >= 0.3 is 17.1 Å². The van der Waals surface area contributed by atoms with Gasteiger partial charge in [0.25, 0.3) is 21.0 Å². The first kappa shape index (κ1) is 17.3. The minimum atomic E-state index is -5.42. The molecule has 0 fully saturated rings. The molecule has 11 heteroatoms. The molecule has 0 spiro atoms. The first-order valence-corrected chi connectivity index (χ1v) is 3.93. The Morgan fingerprint density at radius 1 is 0.818 bits per heavy atom. The standard InChI is InChI=1S/2FHO3S.Fe/c2*1-5(2,3)4;/h2*(H,2,3,4);/q;;+2/p-2. The number of halogens is 2. The average Bonchev–Trinajstić information content (AvgIpc) is 1.12. The van der Waals surface area contributed by atoms with Gasteiger partial charge in [-0.1, -0.05) is 0 Å². The smallest absolute Gasteiger partial charge is 0.722 e. The quantitative estimate of drug-likeness (QED) is 0.305. The van der Waals surface area contributed by atoms with Crippen LogP contribution in [0.5, 0.6) is 0 Å². The summed E-state index contributed by atoms with van der Waals surface area (Å²) in [5, 5.41) is 0. The third kappa shape index (κ3) is 17200. The van der Waals surface area contributed by atoms with Crippen LogP contribution >= 0.6 is 0 Å². The minimum Gasteiger partial charge on any atom is -0.722 e. The van der Waals surface area contributed by atoms with Gasteiger partial charge in [-0.3, -0.25) is 0 Å². The van der Waals surface area contributed by atoms with Crippen molar-refractivity contribution in [3.63, 3.8) is 0 Å². The molecule has 0 atom stereocenters. The van der Waals surface area contributed by atoms with E-state index in [9.17, 15) is 7.77 Å². The van der Waals surface area contributed by atoms with Gasteiger partial charge in [-0.05, 0) is 0 Å². The molecule has 0 aromatic heterocycles. The summed E-state index contributed by atoms with van der Waals surface area (Å²) < 4.78 is 70.7. The van der Waals surface area contributed by atoms with Crippen LogP contribution in [0.1, 0.15) is 0 Å². The Kier molecular flexibility index (Phi) is 9.14. The second-order valence-corrected chi connectivity index (χ2v) is 2.36. The summed E-state index contributed by atoms with van der Waals surface area (Å²) in [6.45, 7) is 0. The number of hydrogen-bond acceptors (Lipinski definition) is 6. The normalized spacial score (nSPS) is 10.5. The van der Waals surface area contributed by atoms with Gasteiger partial charge in [-0.25, -0.2) is 16.8 Å². The van der Waals surface area contributed by atoms with E-state index in [0.717, 1.165) is 0 Å². The van der Waals surface area contributed by atoms with Crippen molar-refractivity contribution in [2.75, 3.05) is 0 Å². The monoisotopic (exact) mass is 254 g/mol. The Labute approximate surface area is 72.2 Å². The van der Waals surface area contributed by atoms with Crippen LogP contribution in [-0.2, 0) is 38.1 Å². The van der Waals surface area contributed by atoms with Crippen LogP contribution in [0.2, 0.25) is 0 Å². The van der Waals surface area contributed by atoms with Crippen LogP contribution in [0.25, 0.3) is 0 Å². The molecule has 0 N–H and O–H groups in total. The third-order valence-corrected chi connectivity index (χ3v) is 0. The molecule has 0 amide bonds. The van der Waals surface area contributed by atoms with Gasteiger partial charge in [0.2, 0.25) is 0 Å². The van der Waals surface area contributed by atoms with E-state index in [0.29, 0.717) is 0 Å². The van der Waals surface area contributed by atoms with Gasteiger partial charge in [0.05, 0.1) is 0 Å². The van der Waals surface area contributed by atoms with Gasteiger partial charge in [0, 0.05) is 0 Å². The SMILES string of the molecule is O=S(=O)([O-])F.O=S(=O)([O-])F.[Fe+2]. The fourth-order valence-electron chi connectivity index (χ4n) is 0. The first-order chi connectivity index (χ1) is 4.00. The van der Waals surface area contributed by atoms with E-state index in [1.54, 1.807) is 0 Å². The minimum absolute atomic E-state index is 0. The zero-order valence-corrected chi connectivity index (χ0v) is 7.11. The molecular formula is F2FeO6S2. The maximum Gasteiger partial charge on any atom is 2.00 e. The topological polar surface area (TPSA) is 114 Å². The van der Waals surface area contributed by atoms with Gasteiger partial charge in [-0.15, -0.1) is 7.77 Å². The maximum absolute atomic E-state index is 10.1. The van der Waals surface area contributed by atoms with Crippen LogP contribution in [0, 0.1) is 0 Å². The van der Waals surface area contributed by atoms with Crippen molar-refractivity contribution in [3.05, 3.63) is 0 Å². The van der Waals surface area contributed by atoms with Gasteiger partial charge in [0.1, 0.15) is 0 Å². The van der Waals surface area contributed by atoms with Crippen molar-refractivity contribution in [1.82, 2.24) is 0 Å². The van der Waals surface area contributed by atoms with Crippen molar-refractivity contribution in [3.8, 4) is 0 Å². The van der Waals surface area contributed by atoms with Crippen LogP contribution in [0.3, 0.4) is 0 Å². The summed E-state index contributed by atoms with van der Waals surface area (Å²) in [7, 11) is -10.8. The van der Waals surface area contributed by atoms with E-state index in [-0.39, 0.29) is 17.1 Å². The van der Waals surface area contributed by atoms with E-state index in [4.69, 9.17) is 25.9 Å². The van der Waals surface area contributed by atoms with Gasteiger partial charge < -0.3 is 9.11 Å². The molecular weight excluding hydrogens is 254 g/mol. The van der Waals surface area contributed by atoms with E-state index in [1.807, 2.05) is 0 Å². The van der Waals surface area contributed by atoms with Crippen molar-refractivity contribution < 1.29 is 50.8 Å². The Bertz CT molecular complexity index is 215. The Hall–Kier alpha value is 0.199. The van der Waals surface area contributed by atoms with Gasteiger partial charge in [0.15, 0.2) is 0 Å². The predicted molar refractivity (Wildman–Crippen MR) is 21.6 cm³/mol. The van der Waals surface area contributed by atoms with Crippen molar-refractivity contribution in [1.29, 1.82) is 0 Å². The Morgan fingerprint density at radius 2 is 0.818 bits per heavy atom. The Morgan fingerprint density at radius 3 is 0.818 bits per heavy atom. The van der Waals surface area contributed by atoms with Crippen molar-refractivity contribution in [2.45, 2.75) is 0 Å². The molecule has 0 saturated carbocycles. The molecule has 0 saturated heterocycles. The second-order valence-electron chi connectivity index (χ2n) is 0.786. The van der Waals surface area contributed by atoms with Crippen LogP contribution in [0.4, 0.5) is 7.77 Å². The molecule has 0 heterocycles. The molecule has 6 nitrogen and oxygen atoms in total. The van der Waals surface area contributed by atoms with Gasteiger partial charge in [-0.2, -0.15) is 0 Å². The third-order valence-electron chi connectivity index (χ3n) is 0. The summed E-state index contributed by atoms with van der Waals surface area (Å²) in [5.74, 6) is 0. The molecule has 0 aromatic carbocycles. The van der Waals surface area contributed by atoms with Crippen LogP contribution in [-0.4, -0.2) is 25.9 Å². The summed E-state index contributed by atoms with van der Waals surface area (Å²) in [4.78, 5) is 0. The molecule has 0 aliphatic rings. The zero-order valence-electron chi connectivity index (χ0n) is 4.38. The molecule has 0 bridgehead atoms. The molecule has 0 aliphatic heterocycles. The number of rotatable bonds is 0. The zero-order chi connectivity index (χ0) is 9.00. The number of hydrogen-bond donors (Lipinski definition) is 0. The maximum atomic E-state index is 10.1. The van der Waals surface area contributed by atoms with Crippen molar-refractivity contribution in [2.24, 2.45) is 0 Å². The average molecular weight is 254 g/mol. The molecule has 0 aromatic rings. The van der Waals surface area contributed by atoms with Crippen LogP contribution < -0.4 is 0 Å². The first-order valence-electron chi connectivity index (χ1n) is 1.31. The van der Waals surface area contributed by atoms with E-state index < -0.39 is 21.0 Å². The predicted octanol–water partition coefficient (Wildman–Crippen LogP) is -1.17. The van der Waals surface area contributed by atoms with Crippen LogP contribution in [0.15, 0.2) is 0 Å². The fourth-order valence-corrected chi connectivity index (χ4v) is 0. The molecule has 0 unspecified atom stereocenters. The van der Waals surface area contributed by atoms with E-state index in [1.165, 1.54) is 0 Å². The molecule has 70 valence electrons. The Balaban J connectivity index is -0.000000107. The molecule has 11 heavy (non-hydrogen) atoms. The molecule has 0 rings (SSSR count). The van der Waals surface area contributed by atoms with Crippen molar-refractivity contribution >= 4 is 21.0 Å². The van der Waals surface area contributed by atoms with E-state index >= 15 is 0 Å². The fraction of sp³-hybridized carbons (Fsp3) is 0. The molecule has 0 radical (unpaired) electrons. The van der Waals surface area contributed by atoms with E-state index in [2.05, 4.69) is 0 Å². The largest absolute Gasteiger partial charge is 2.00 e. The summed E-state index contributed by atoms with van der Waals surface area (Å²) in [6, 6.07) is 0. The summed E-state index contributed by atoms with van der Waals surface area (Å²) >= 11 is 0.